The van der Waals surface area contributed by atoms with Crippen LogP contribution in [-0.2, 0) is 6.54 Å². The average molecular weight is 280 g/mol. The molecule has 0 saturated carbocycles. The third kappa shape index (κ3) is 2.94. The molecule has 3 aromatic rings. The minimum Gasteiger partial charge on any atom is -0.258 e. The highest BCUT2D eigenvalue weighted by Gasteiger charge is 2.07. The molecule has 0 aliphatic rings. The van der Waals surface area contributed by atoms with Crippen molar-refractivity contribution in [3.8, 4) is 11.3 Å². The van der Waals surface area contributed by atoms with E-state index in [-0.39, 0.29) is 5.69 Å². The van der Waals surface area contributed by atoms with E-state index in [0.29, 0.717) is 6.54 Å². The Balaban J connectivity index is 1.82. The summed E-state index contributed by atoms with van der Waals surface area (Å²) in [5.74, 6) is 0. The van der Waals surface area contributed by atoms with Crippen molar-refractivity contribution in [1.82, 2.24) is 15.0 Å². The zero-order chi connectivity index (χ0) is 14.7. The molecule has 0 saturated heterocycles. The van der Waals surface area contributed by atoms with E-state index in [1.54, 1.807) is 16.8 Å². The van der Waals surface area contributed by atoms with Gasteiger partial charge in [-0.15, -0.1) is 5.10 Å². The number of benzene rings is 2. The molecule has 6 nitrogen and oxygen atoms in total. The fourth-order valence-electron chi connectivity index (χ4n) is 2.07. The maximum absolute atomic E-state index is 10.8. The van der Waals surface area contributed by atoms with Crippen LogP contribution in [-0.4, -0.2) is 19.9 Å². The Kier molecular flexibility index (Phi) is 3.42. The van der Waals surface area contributed by atoms with Gasteiger partial charge >= 0.3 is 0 Å². The SMILES string of the molecule is O=[N+]([O-])c1cccc(Cn2cc(-c3ccccc3)nn2)c1. The highest BCUT2D eigenvalue weighted by molar-refractivity contribution is 5.57. The second-order valence-electron chi connectivity index (χ2n) is 4.59. The van der Waals surface area contributed by atoms with E-state index in [1.807, 2.05) is 42.6 Å². The normalized spacial score (nSPS) is 10.5. The number of nitrogens with zero attached hydrogens (tertiary/aromatic N) is 4. The van der Waals surface area contributed by atoms with Crippen molar-refractivity contribution >= 4 is 5.69 Å². The van der Waals surface area contributed by atoms with Crippen molar-refractivity contribution in [2.24, 2.45) is 0 Å². The summed E-state index contributed by atoms with van der Waals surface area (Å²) in [5, 5.41) is 18.9. The standard InChI is InChI=1S/C15H12N4O2/c20-19(21)14-8-4-5-12(9-14)10-18-11-15(16-17-18)13-6-2-1-3-7-13/h1-9,11H,10H2. The molecule has 0 bridgehead atoms. The summed E-state index contributed by atoms with van der Waals surface area (Å²) in [6, 6.07) is 16.3. The van der Waals surface area contributed by atoms with Crippen LogP contribution in [0.5, 0.6) is 0 Å². The van der Waals surface area contributed by atoms with Crippen LogP contribution in [0.25, 0.3) is 11.3 Å². The number of hydrogen-bond donors (Lipinski definition) is 0. The fraction of sp³-hybridized carbons (Fsp3) is 0.0667. The first-order valence-electron chi connectivity index (χ1n) is 6.41. The van der Waals surface area contributed by atoms with Gasteiger partial charge in [0, 0.05) is 17.7 Å². The van der Waals surface area contributed by atoms with Crippen LogP contribution >= 0.6 is 0 Å². The van der Waals surface area contributed by atoms with Gasteiger partial charge in [-0.2, -0.15) is 0 Å². The summed E-state index contributed by atoms with van der Waals surface area (Å²) < 4.78 is 1.67. The van der Waals surface area contributed by atoms with E-state index >= 15 is 0 Å². The summed E-state index contributed by atoms with van der Waals surface area (Å²) in [7, 11) is 0. The molecule has 21 heavy (non-hydrogen) atoms. The molecular formula is C15H12N4O2. The van der Waals surface area contributed by atoms with Crippen LogP contribution in [0.3, 0.4) is 0 Å². The lowest BCUT2D eigenvalue weighted by atomic mass is 10.2. The summed E-state index contributed by atoms with van der Waals surface area (Å²) in [4.78, 5) is 10.4. The third-order valence-corrected chi connectivity index (χ3v) is 3.07. The van der Waals surface area contributed by atoms with Crippen molar-refractivity contribution in [2.75, 3.05) is 0 Å². The number of nitro benzene ring substituents is 1. The molecule has 1 aromatic heterocycles. The molecule has 2 aromatic carbocycles. The van der Waals surface area contributed by atoms with Gasteiger partial charge in [-0.05, 0) is 5.56 Å². The van der Waals surface area contributed by atoms with Crippen LogP contribution in [0.15, 0.2) is 60.8 Å². The second kappa shape index (κ2) is 5.54. The van der Waals surface area contributed by atoms with Gasteiger partial charge in [0.15, 0.2) is 0 Å². The molecule has 0 amide bonds. The Morgan fingerprint density at radius 3 is 2.67 bits per heavy atom. The quantitative estimate of drug-likeness (QED) is 0.544. The molecule has 0 aliphatic heterocycles. The number of non-ortho nitro benzene ring substituents is 1. The van der Waals surface area contributed by atoms with E-state index in [1.165, 1.54) is 6.07 Å². The van der Waals surface area contributed by atoms with Crippen molar-refractivity contribution in [2.45, 2.75) is 6.54 Å². The van der Waals surface area contributed by atoms with Gasteiger partial charge in [0.25, 0.3) is 5.69 Å². The summed E-state index contributed by atoms with van der Waals surface area (Å²) in [6.07, 6.45) is 1.83. The van der Waals surface area contributed by atoms with E-state index in [2.05, 4.69) is 10.3 Å². The predicted molar refractivity (Wildman–Crippen MR) is 77.7 cm³/mol. The highest BCUT2D eigenvalue weighted by atomic mass is 16.6. The molecule has 0 N–H and O–H groups in total. The molecule has 0 atom stereocenters. The number of nitro groups is 1. The fourth-order valence-corrected chi connectivity index (χ4v) is 2.07. The van der Waals surface area contributed by atoms with Gasteiger partial charge in [-0.25, -0.2) is 4.68 Å². The van der Waals surface area contributed by atoms with Crippen molar-refractivity contribution in [3.63, 3.8) is 0 Å². The Hall–Kier alpha value is -3.02. The maximum atomic E-state index is 10.8. The van der Waals surface area contributed by atoms with E-state index in [0.717, 1.165) is 16.8 Å². The summed E-state index contributed by atoms with van der Waals surface area (Å²) >= 11 is 0. The smallest absolute Gasteiger partial charge is 0.258 e. The predicted octanol–water partition coefficient (Wildman–Crippen LogP) is 2.90. The molecule has 6 heteroatoms. The molecule has 0 radical (unpaired) electrons. The molecular weight excluding hydrogens is 268 g/mol. The average Bonchev–Trinajstić information content (AvgIpc) is 2.97. The Morgan fingerprint density at radius 2 is 1.90 bits per heavy atom. The Morgan fingerprint density at radius 1 is 1.10 bits per heavy atom. The first kappa shape index (κ1) is 13.0. The molecule has 1 heterocycles. The first-order valence-corrected chi connectivity index (χ1v) is 6.41. The third-order valence-electron chi connectivity index (χ3n) is 3.07. The molecule has 0 fully saturated rings. The van der Waals surface area contributed by atoms with Gasteiger partial charge in [-0.1, -0.05) is 47.7 Å². The first-order chi connectivity index (χ1) is 10.2. The van der Waals surface area contributed by atoms with Gasteiger partial charge < -0.3 is 0 Å². The maximum Gasteiger partial charge on any atom is 0.269 e. The van der Waals surface area contributed by atoms with Gasteiger partial charge in [-0.3, -0.25) is 10.1 Å². The minimum absolute atomic E-state index is 0.0795. The molecule has 0 aliphatic carbocycles. The van der Waals surface area contributed by atoms with Crippen LogP contribution in [0.4, 0.5) is 5.69 Å². The van der Waals surface area contributed by atoms with Gasteiger partial charge in [0.1, 0.15) is 5.69 Å². The largest absolute Gasteiger partial charge is 0.269 e. The van der Waals surface area contributed by atoms with Crippen molar-refractivity contribution < 1.29 is 4.92 Å². The molecule has 104 valence electrons. The topological polar surface area (TPSA) is 73.8 Å². The lowest BCUT2D eigenvalue weighted by Gasteiger charge is -2.00. The van der Waals surface area contributed by atoms with Crippen LogP contribution < -0.4 is 0 Å². The Labute approximate surface area is 120 Å². The monoisotopic (exact) mass is 280 g/mol. The number of rotatable bonds is 4. The summed E-state index contributed by atoms with van der Waals surface area (Å²) in [6.45, 7) is 0.446. The van der Waals surface area contributed by atoms with Crippen LogP contribution in [0.1, 0.15) is 5.56 Å². The zero-order valence-electron chi connectivity index (χ0n) is 11.1. The summed E-state index contributed by atoms with van der Waals surface area (Å²) in [5.41, 5.74) is 2.66. The number of hydrogen-bond acceptors (Lipinski definition) is 4. The van der Waals surface area contributed by atoms with Gasteiger partial charge in [0.2, 0.25) is 0 Å². The second-order valence-corrected chi connectivity index (χ2v) is 4.59. The van der Waals surface area contributed by atoms with Crippen LogP contribution in [0.2, 0.25) is 0 Å². The van der Waals surface area contributed by atoms with E-state index in [4.69, 9.17) is 0 Å². The van der Waals surface area contributed by atoms with Crippen molar-refractivity contribution in [1.29, 1.82) is 0 Å². The Bertz CT molecular complexity index is 768. The zero-order valence-corrected chi connectivity index (χ0v) is 11.1. The lowest BCUT2D eigenvalue weighted by Crippen LogP contribution is -2.01. The molecule has 3 rings (SSSR count). The van der Waals surface area contributed by atoms with E-state index < -0.39 is 4.92 Å². The minimum atomic E-state index is -0.403. The number of aromatic nitrogens is 3. The molecule has 0 spiro atoms. The molecule has 0 unspecified atom stereocenters. The van der Waals surface area contributed by atoms with E-state index in [9.17, 15) is 10.1 Å². The lowest BCUT2D eigenvalue weighted by molar-refractivity contribution is -0.384. The highest BCUT2D eigenvalue weighted by Crippen LogP contribution is 2.17. The van der Waals surface area contributed by atoms with Crippen LogP contribution in [0, 0.1) is 10.1 Å². The van der Waals surface area contributed by atoms with Crippen molar-refractivity contribution in [3.05, 3.63) is 76.5 Å². The van der Waals surface area contributed by atoms with Gasteiger partial charge in [0.05, 0.1) is 17.7 Å².